The van der Waals surface area contributed by atoms with Gasteiger partial charge in [0, 0.05) is 17.7 Å². The number of hydrogen-bond acceptors (Lipinski definition) is 4. The Hall–Kier alpha value is -4.20. The van der Waals surface area contributed by atoms with Crippen LogP contribution in [0.1, 0.15) is 34.3 Å². The minimum atomic E-state index is -0.991. The van der Waals surface area contributed by atoms with Crippen LogP contribution in [-0.4, -0.2) is 34.5 Å². The molecule has 0 radical (unpaired) electrons. The van der Waals surface area contributed by atoms with Gasteiger partial charge in [0.05, 0.1) is 11.6 Å². The van der Waals surface area contributed by atoms with Gasteiger partial charge in [-0.3, -0.25) is 4.79 Å². The molecule has 1 aliphatic heterocycles. The molecule has 0 bridgehead atoms. The zero-order chi connectivity index (χ0) is 25.4. The summed E-state index contributed by atoms with van der Waals surface area (Å²) in [6, 6.07) is 14.1. The Morgan fingerprint density at radius 2 is 1.92 bits per heavy atom. The third-order valence-corrected chi connectivity index (χ3v) is 6.46. The Morgan fingerprint density at radius 3 is 2.67 bits per heavy atom. The molecule has 0 spiro atoms. The number of carbonyl (C=O) groups excluding carboxylic acids is 1. The molecule has 36 heavy (non-hydrogen) atoms. The summed E-state index contributed by atoms with van der Waals surface area (Å²) >= 11 is 0. The van der Waals surface area contributed by atoms with Crippen molar-refractivity contribution in [3.8, 4) is 16.9 Å². The third kappa shape index (κ3) is 4.30. The zero-order valence-electron chi connectivity index (χ0n) is 19.5. The van der Waals surface area contributed by atoms with Crippen LogP contribution >= 0.6 is 0 Å². The number of benzene rings is 3. The lowest BCUT2D eigenvalue weighted by Crippen LogP contribution is -2.40. The topological polar surface area (TPSA) is 80.0 Å². The number of carboxylic acid groups (broad SMARTS) is 1. The first kappa shape index (κ1) is 23.5. The second kappa shape index (κ2) is 9.45. The molecule has 1 aromatic heterocycles. The Kier molecular flexibility index (Phi) is 6.18. The number of furan rings is 1. The van der Waals surface area contributed by atoms with E-state index in [0.29, 0.717) is 47.4 Å². The fourth-order valence-corrected chi connectivity index (χ4v) is 4.63. The van der Waals surface area contributed by atoms with Gasteiger partial charge < -0.3 is 19.2 Å². The maximum atomic E-state index is 14.2. The van der Waals surface area contributed by atoms with Crippen LogP contribution in [0, 0.1) is 18.6 Å². The van der Waals surface area contributed by atoms with E-state index in [2.05, 4.69) is 0 Å². The quantitative estimate of drug-likeness (QED) is 0.360. The molecule has 5 rings (SSSR count). The van der Waals surface area contributed by atoms with Gasteiger partial charge in [-0.15, -0.1) is 0 Å². The second-order valence-electron chi connectivity index (χ2n) is 8.85. The minimum absolute atomic E-state index is 0.128. The van der Waals surface area contributed by atoms with Crippen LogP contribution < -0.4 is 4.74 Å². The van der Waals surface area contributed by atoms with Gasteiger partial charge in [-0.2, -0.15) is 0 Å². The lowest BCUT2D eigenvalue weighted by Gasteiger charge is -2.21. The monoisotopic (exact) mass is 491 g/mol. The first-order valence-corrected chi connectivity index (χ1v) is 11.5. The van der Waals surface area contributed by atoms with Gasteiger partial charge in [-0.05, 0) is 66.8 Å². The van der Waals surface area contributed by atoms with Crippen molar-refractivity contribution < 1.29 is 32.6 Å². The number of ether oxygens (including phenoxy) is 1. The van der Waals surface area contributed by atoms with Crippen LogP contribution in [-0.2, 0) is 11.4 Å². The number of aliphatic carboxylic acids is 1. The Labute approximate surface area is 205 Å². The van der Waals surface area contributed by atoms with E-state index < -0.39 is 23.6 Å². The van der Waals surface area contributed by atoms with Gasteiger partial charge >= 0.3 is 5.97 Å². The van der Waals surface area contributed by atoms with E-state index in [4.69, 9.17) is 9.15 Å². The number of nitrogens with zero attached hydrogens (tertiary/aromatic N) is 1. The molecule has 0 aliphatic carbocycles. The molecule has 1 amide bonds. The highest BCUT2D eigenvalue weighted by Crippen LogP contribution is 2.35. The number of hydrogen-bond donors (Lipinski definition) is 1. The number of likely N-dealkylation sites (tertiary alicyclic amines) is 1. The molecule has 1 atom stereocenters. The number of rotatable bonds is 6. The molecule has 8 heteroatoms. The Morgan fingerprint density at radius 1 is 1.14 bits per heavy atom. The van der Waals surface area contributed by atoms with Crippen LogP contribution in [0.4, 0.5) is 8.78 Å². The van der Waals surface area contributed by atoms with Crippen molar-refractivity contribution in [2.45, 2.75) is 32.4 Å². The first-order valence-electron chi connectivity index (χ1n) is 11.5. The number of fused-ring (bicyclic) bond motifs is 1. The predicted molar refractivity (Wildman–Crippen MR) is 129 cm³/mol. The number of amides is 1. The normalized spacial score (nSPS) is 15.4. The highest BCUT2D eigenvalue weighted by molar-refractivity contribution is 5.97. The fraction of sp³-hybridized carbons (Fsp3) is 0.214. The average molecular weight is 491 g/mol. The summed E-state index contributed by atoms with van der Waals surface area (Å²) in [5.74, 6) is -2.62. The minimum Gasteiger partial charge on any atom is -0.489 e. The van der Waals surface area contributed by atoms with E-state index in [-0.39, 0.29) is 23.5 Å². The molecule has 184 valence electrons. The molecule has 1 aliphatic rings. The SMILES string of the molecule is Cc1coc2c(-c3ccc(OCc4cccc(C(=O)N5CCC[C@H]5C(=O)O)c4)cc3)cc(F)c(F)c12. The van der Waals surface area contributed by atoms with Gasteiger partial charge in [0.2, 0.25) is 0 Å². The van der Waals surface area contributed by atoms with Crippen molar-refractivity contribution in [2.24, 2.45) is 0 Å². The number of carboxylic acids is 1. The highest BCUT2D eigenvalue weighted by Gasteiger charge is 2.34. The van der Waals surface area contributed by atoms with Crippen LogP contribution in [0.5, 0.6) is 5.75 Å². The molecule has 0 saturated carbocycles. The summed E-state index contributed by atoms with van der Waals surface area (Å²) in [7, 11) is 0. The molecular weight excluding hydrogens is 468 g/mol. The summed E-state index contributed by atoms with van der Waals surface area (Å²) in [6.45, 7) is 2.27. The lowest BCUT2D eigenvalue weighted by atomic mass is 10.0. The summed E-state index contributed by atoms with van der Waals surface area (Å²) in [6.07, 6.45) is 2.52. The van der Waals surface area contributed by atoms with Crippen LogP contribution in [0.2, 0.25) is 0 Å². The molecule has 1 saturated heterocycles. The standard InChI is InChI=1S/C28H23F2NO5/c1-16-14-36-26-21(13-22(29)25(30)24(16)26)18-7-9-20(10-8-18)35-15-17-4-2-5-19(12-17)27(32)31-11-3-6-23(31)28(33)34/h2,4-5,7-10,12-14,23H,3,6,11,15H2,1H3,(H,33,34)/t23-/m0/s1. The van der Waals surface area contributed by atoms with Crippen LogP contribution in [0.25, 0.3) is 22.1 Å². The van der Waals surface area contributed by atoms with Crippen LogP contribution in [0.3, 0.4) is 0 Å². The van der Waals surface area contributed by atoms with Crippen molar-refractivity contribution in [2.75, 3.05) is 6.54 Å². The Bertz CT molecular complexity index is 1460. The van der Waals surface area contributed by atoms with Gasteiger partial charge in [0.1, 0.15) is 24.0 Å². The van der Waals surface area contributed by atoms with E-state index >= 15 is 0 Å². The van der Waals surface area contributed by atoms with Crippen molar-refractivity contribution in [3.05, 3.63) is 89.2 Å². The molecule has 3 aromatic carbocycles. The highest BCUT2D eigenvalue weighted by atomic mass is 19.2. The van der Waals surface area contributed by atoms with E-state index in [9.17, 15) is 23.5 Å². The van der Waals surface area contributed by atoms with Gasteiger partial charge in [-0.25, -0.2) is 13.6 Å². The molecule has 6 nitrogen and oxygen atoms in total. The number of halogens is 2. The molecular formula is C28H23F2NO5. The van der Waals surface area contributed by atoms with E-state index in [0.717, 1.165) is 11.6 Å². The first-order chi connectivity index (χ1) is 17.3. The Balaban J connectivity index is 1.30. The van der Waals surface area contributed by atoms with E-state index in [1.165, 1.54) is 11.2 Å². The van der Waals surface area contributed by atoms with Crippen molar-refractivity contribution in [1.29, 1.82) is 0 Å². The van der Waals surface area contributed by atoms with Gasteiger partial charge in [0.25, 0.3) is 5.91 Å². The molecule has 0 unspecified atom stereocenters. The van der Waals surface area contributed by atoms with Gasteiger partial charge in [-0.1, -0.05) is 24.3 Å². The summed E-state index contributed by atoms with van der Waals surface area (Å²) < 4.78 is 39.8. The van der Waals surface area contributed by atoms with Crippen LogP contribution in [0.15, 0.2) is 65.3 Å². The van der Waals surface area contributed by atoms with Crippen molar-refractivity contribution in [1.82, 2.24) is 4.90 Å². The molecule has 4 aromatic rings. The van der Waals surface area contributed by atoms with E-state index in [1.54, 1.807) is 49.4 Å². The smallest absolute Gasteiger partial charge is 0.326 e. The maximum absolute atomic E-state index is 14.2. The second-order valence-corrected chi connectivity index (χ2v) is 8.85. The third-order valence-electron chi connectivity index (χ3n) is 6.46. The lowest BCUT2D eigenvalue weighted by molar-refractivity contribution is -0.141. The summed E-state index contributed by atoms with van der Waals surface area (Å²) in [5, 5.41) is 9.49. The van der Waals surface area contributed by atoms with Gasteiger partial charge in [0.15, 0.2) is 11.6 Å². The molecule has 1 fully saturated rings. The van der Waals surface area contributed by atoms with Crippen molar-refractivity contribution in [3.63, 3.8) is 0 Å². The largest absolute Gasteiger partial charge is 0.489 e. The number of carbonyl (C=O) groups is 2. The average Bonchev–Trinajstić information content (AvgIpc) is 3.53. The molecule has 1 N–H and O–H groups in total. The maximum Gasteiger partial charge on any atom is 0.326 e. The predicted octanol–water partition coefficient (Wildman–Crippen LogP) is 5.95. The van der Waals surface area contributed by atoms with E-state index in [1.807, 2.05) is 6.07 Å². The molecule has 2 heterocycles. The number of aryl methyl sites for hydroxylation is 1. The zero-order valence-corrected chi connectivity index (χ0v) is 19.5. The summed E-state index contributed by atoms with van der Waals surface area (Å²) in [4.78, 5) is 25.7. The summed E-state index contributed by atoms with van der Waals surface area (Å²) in [5.41, 5.74) is 3.06. The van der Waals surface area contributed by atoms with Crippen molar-refractivity contribution >= 4 is 22.8 Å². The fourth-order valence-electron chi connectivity index (χ4n) is 4.63.